The first-order chi connectivity index (χ1) is 8.51. The second-order valence-corrected chi connectivity index (χ2v) is 4.77. The zero-order valence-corrected chi connectivity index (χ0v) is 11.4. The van der Waals surface area contributed by atoms with E-state index in [-0.39, 0.29) is 30.4 Å². The van der Waals surface area contributed by atoms with Gasteiger partial charge in [-0.3, -0.25) is 9.59 Å². The first kappa shape index (κ1) is 14.9. The molecule has 2 amide bonds. The third-order valence-electron chi connectivity index (χ3n) is 3.06. The molecule has 0 spiro atoms. The Kier molecular flexibility index (Phi) is 5.55. The summed E-state index contributed by atoms with van der Waals surface area (Å²) in [6, 6.07) is -0.430. The van der Waals surface area contributed by atoms with Crippen LogP contribution in [0, 0.1) is 5.92 Å². The fourth-order valence-electron chi connectivity index (χ4n) is 2.14. The van der Waals surface area contributed by atoms with Gasteiger partial charge in [-0.15, -0.1) is 0 Å². The van der Waals surface area contributed by atoms with Crippen LogP contribution in [0.2, 0.25) is 0 Å². The molecule has 0 radical (unpaired) electrons. The number of piperazine rings is 1. The second-order valence-electron chi connectivity index (χ2n) is 4.77. The van der Waals surface area contributed by atoms with Crippen molar-refractivity contribution in [1.29, 1.82) is 0 Å². The largest absolute Gasteiger partial charge is 0.382 e. The van der Waals surface area contributed by atoms with Gasteiger partial charge in [-0.25, -0.2) is 0 Å². The van der Waals surface area contributed by atoms with E-state index in [2.05, 4.69) is 5.32 Å². The minimum absolute atomic E-state index is 0.0610. The molecule has 104 valence electrons. The summed E-state index contributed by atoms with van der Waals surface area (Å²) in [5.41, 5.74) is 0. The van der Waals surface area contributed by atoms with Crippen LogP contribution in [0.5, 0.6) is 0 Å². The summed E-state index contributed by atoms with van der Waals surface area (Å²) >= 11 is 0. The van der Waals surface area contributed by atoms with E-state index in [1.807, 2.05) is 13.8 Å². The molecule has 1 saturated heterocycles. The molecule has 2 unspecified atom stereocenters. The Morgan fingerprint density at radius 3 is 2.56 bits per heavy atom. The second kappa shape index (κ2) is 6.70. The molecule has 1 heterocycles. The fourth-order valence-corrected chi connectivity index (χ4v) is 2.14. The maximum absolute atomic E-state index is 11.9. The summed E-state index contributed by atoms with van der Waals surface area (Å²) in [5.74, 6) is -0.113. The average Bonchev–Trinajstić information content (AvgIpc) is 2.32. The van der Waals surface area contributed by atoms with Crippen molar-refractivity contribution in [2.75, 3.05) is 33.9 Å². The van der Waals surface area contributed by atoms with E-state index in [1.165, 1.54) is 0 Å². The number of nitrogens with one attached hydrogen (secondary N) is 1. The minimum Gasteiger partial charge on any atom is -0.382 e. The Balaban J connectivity index is 2.79. The predicted molar refractivity (Wildman–Crippen MR) is 66.0 cm³/mol. The van der Waals surface area contributed by atoms with Gasteiger partial charge in [0.25, 0.3) is 0 Å². The fraction of sp³-hybridized carbons (Fsp3) is 0.833. The normalized spacial score (nSPS) is 22.3. The van der Waals surface area contributed by atoms with Crippen molar-refractivity contribution < 1.29 is 19.1 Å². The van der Waals surface area contributed by atoms with Gasteiger partial charge in [0.05, 0.1) is 25.8 Å². The summed E-state index contributed by atoms with van der Waals surface area (Å²) in [7, 11) is 3.15. The lowest BCUT2D eigenvalue weighted by atomic mass is 9.99. The third-order valence-corrected chi connectivity index (χ3v) is 3.06. The van der Waals surface area contributed by atoms with Crippen molar-refractivity contribution in [3.05, 3.63) is 0 Å². The van der Waals surface area contributed by atoms with Gasteiger partial charge in [-0.05, 0) is 5.92 Å². The van der Waals surface area contributed by atoms with Gasteiger partial charge in [-0.2, -0.15) is 0 Å². The van der Waals surface area contributed by atoms with Gasteiger partial charge in [0.1, 0.15) is 6.04 Å². The number of hydrogen-bond donors (Lipinski definition) is 1. The smallest absolute Gasteiger partial charge is 0.243 e. The average molecular weight is 258 g/mol. The lowest BCUT2D eigenvalue weighted by molar-refractivity contribution is -0.149. The van der Waals surface area contributed by atoms with Crippen LogP contribution in [0.4, 0.5) is 0 Å². The first-order valence-corrected chi connectivity index (χ1v) is 6.10. The van der Waals surface area contributed by atoms with Crippen LogP contribution in [0.25, 0.3) is 0 Å². The topological polar surface area (TPSA) is 67.9 Å². The zero-order valence-electron chi connectivity index (χ0n) is 11.4. The van der Waals surface area contributed by atoms with Gasteiger partial charge >= 0.3 is 0 Å². The summed E-state index contributed by atoms with van der Waals surface area (Å²) in [6.07, 6.45) is -0.217. The molecular formula is C12H22N2O4. The number of ether oxygens (including phenoxy) is 2. The number of carbonyl (C=O) groups excluding carboxylic acids is 2. The molecule has 6 heteroatoms. The minimum atomic E-state index is -0.430. The van der Waals surface area contributed by atoms with Crippen molar-refractivity contribution >= 4 is 11.8 Å². The summed E-state index contributed by atoms with van der Waals surface area (Å²) in [6.45, 7) is 4.68. The van der Waals surface area contributed by atoms with Crippen molar-refractivity contribution in [2.45, 2.75) is 26.0 Å². The molecule has 1 N–H and O–H groups in total. The quantitative estimate of drug-likeness (QED) is 0.706. The highest BCUT2D eigenvalue weighted by atomic mass is 16.5. The van der Waals surface area contributed by atoms with Crippen LogP contribution in [-0.2, 0) is 19.1 Å². The van der Waals surface area contributed by atoms with Crippen LogP contribution < -0.4 is 5.32 Å². The Labute approximate surface area is 108 Å². The predicted octanol–water partition coefficient (Wildman–Crippen LogP) is -0.369. The molecule has 0 aromatic rings. The maximum Gasteiger partial charge on any atom is 0.243 e. The molecule has 1 aliphatic rings. The Morgan fingerprint density at radius 2 is 2.06 bits per heavy atom. The Bertz CT molecular complexity index is 306. The van der Waals surface area contributed by atoms with Crippen LogP contribution in [0.3, 0.4) is 0 Å². The molecule has 0 aromatic heterocycles. The third kappa shape index (κ3) is 3.43. The molecule has 0 aliphatic carbocycles. The van der Waals surface area contributed by atoms with Crippen molar-refractivity contribution in [1.82, 2.24) is 10.2 Å². The van der Waals surface area contributed by atoms with Crippen LogP contribution in [0.15, 0.2) is 0 Å². The SMILES string of the molecule is COCC(CN1C(=O)CNC(=O)C1C(C)C)OC. The van der Waals surface area contributed by atoms with Crippen molar-refractivity contribution in [3.63, 3.8) is 0 Å². The lowest BCUT2D eigenvalue weighted by Crippen LogP contribution is -2.61. The number of carbonyl (C=O) groups is 2. The van der Waals surface area contributed by atoms with Gasteiger partial charge < -0.3 is 19.7 Å². The highest BCUT2D eigenvalue weighted by Gasteiger charge is 2.37. The Morgan fingerprint density at radius 1 is 1.39 bits per heavy atom. The molecule has 2 atom stereocenters. The van der Waals surface area contributed by atoms with Crippen molar-refractivity contribution in [2.24, 2.45) is 5.92 Å². The highest BCUT2D eigenvalue weighted by Crippen LogP contribution is 2.16. The number of hydrogen-bond acceptors (Lipinski definition) is 4. The van der Waals surface area contributed by atoms with E-state index in [0.29, 0.717) is 13.2 Å². The van der Waals surface area contributed by atoms with E-state index in [1.54, 1.807) is 19.1 Å². The molecule has 1 aliphatic heterocycles. The molecule has 0 aromatic carbocycles. The number of rotatable bonds is 6. The van der Waals surface area contributed by atoms with Gasteiger partial charge in [0, 0.05) is 14.2 Å². The highest BCUT2D eigenvalue weighted by molar-refractivity contribution is 5.95. The van der Waals surface area contributed by atoms with E-state index in [9.17, 15) is 9.59 Å². The monoisotopic (exact) mass is 258 g/mol. The summed E-state index contributed by atoms with van der Waals surface area (Å²) < 4.78 is 10.3. The summed E-state index contributed by atoms with van der Waals surface area (Å²) in [4.78, 5) is 25.4. The molecule has 18 heavy (non-hydrogen) atoms. The van der Waals surface area contributed by atoms with Crippen LogP contribution >= 0.6 is 0 Å². The number of methoxy groups -OCH3 is 2. The van der Waals surface area contributed by atoms with Gasteiger partial charge in [0.2, 0.25) is 11.8 Å². The lowest BCUT2D eigenvalue weighted by Gasteiger charge is -2.38. The number of amides is 2. The number of nitrogens with zero attached hydrogens (tertiary/aromatic N) is 1. The first-order valence-electron chi connectivity index (χ1n) is 6.10. The van der Waals surface area contributed by atoms with Crippen molar-refractivity contribution in [3.8, 4) is 0 Å². The van der Waals surface area contributed by atoms with Gasteiger partial charge in [-0.1, -0.05) is 13.8 Å². The summed E-state index contributed by atoms with van der Waals surface area (Å²) in [5, 5.41) is 2.61. The Hall–Kier alpha value is -1.14. The van der Waals surface area contributed by atoms with E-state index >= 15 is 0 Å². The molecule has 0 bridgehead atoms. The molecule has 6 nitrogen and oxygen atoms in total. The zero-order chi connectivity index (χ0) is 13.7. The molecule has 1 rings (SSSR count). The molecular weight excluding hydrogens is 236 g/mol. The van der Waals surface area contributed by atoms with E-state index in [0.717, 1.165) is 0 Å². The standard InChI is InChI=1S/C12H22N2O4/c1-8(2)11-12(16)13-5-10(15)14(11)6-9(18-4)7-17-3/h8-9,11H,5-7H2,1-4H3,(H,13,16). The van der Waals surface area contributed by atoms with Gasteiger partial charge in [0.15, 0.2) is 0 Å². The van der Waals surface area contributed by atoms with E-state index < -0.39 is 6.04 Å². The molecule has 1 fully saturated rings. The van der Waals surface area contributed by atoms with E-state index in [4.69, 9.17) is 9.47 Å². The molecule has 0 saturated carbocycles. The van der Waals surface area contributed by atoms with Crippen LogP contribution in [-0.4, -0.2) is 62.8 Å². The van der Waals surface area contributed by atoms with Crippen LogP contribution in [0.1, 0.15) is 13.8 Å². The maximum atomic E-state index is 11.9.